The molecule has 0 aliphatic heterocycles. The highest BCUT2D eigenvalue weighted by molar-refractivity contribution is 7.19. The largest absolute Gasteiger partial charge is 0.376 e. The molecule has 160 valence electrons. The number of nitrogens with one attached hydrogen (secondary N) is 1. The molecule has 1 aromatic carbocycles. The number of thiophene rings is 1. The Labute approximate surface area is 182 Å². The number of likely N-dealkylation sites (N-methyl/N-ethyl adjacent to an activating group) is 1. The van der Waals surface area contributed by atoms with Crippen molar-refractivity contribution in [3.63, 3.8) is 0 Å². The summed E-state index contributed by atoms with van der Waals surface area (Å²) in [6.45, 7) is 5.88. The number of fused-ring (bicyclic) bond motifs is 1. The van der Waals surface area contributed by atoms with Gasteiger partial charge in [-0.15, -0.1) is 11.3 Å². The predicted molar refractivity (Wildman–Crippen MR) is 126 cm³/mol. The minimum Gasteiger partial charge on any atom is -0.376 e. The van der Waals surface area contributed by atoms with Gasteiger partial charge in [0.05, 0.1) is 17.6 Å². The number of benzene rings is 1. The topological polar surface area (TPSA) is 61.4 Å². The van der Waals surface area contributed by atoms with Crippen molar-refractivity contribution in [1.29, 1.82) is 0 Å². The number of aryl methyl sites for hydroxylation is 1. The van der Waals surface area contributed by atoms with Crippen LogP contribution in [0.5, 0.6) is 0 Å². The Morgan fingerprint density at radius 1 is 1.20 bits per heavy atom. The average Bonchev–Trinajstić information content (AvgIpc) is 3.01. The van der Waals surface area contributed by atoms with Crippen molar-refractivity contribution in [2.45, 2.75) is 39.7 Å². The Morgan fingerprint density at radius 3 is 2.73 bits per heavy atom. The lowest BCUT2D eigenvalue weighted by atomic mass is 10.1. The summed E-state index contributed by atoms with van der Waals surface area (Å²) in [7, 11) is 6.13. The molecule has 3 aromatic rings. The summed E-state index contributed by atoms with van der Waals surface area (Å²) in [6.07, 6.45) is 4.14. The van der Waals surface area contributed by atoms with Crippen LogP contribution in [0.1, 0.15) is 35.9 Å². The zero-order chi connectivity index (χ0) is 21.7. The third-order valence-electron chi connectivity index (χ3n) is 5.14. The van der Waals surface area contributed by atoms with Gasteiger partial charge in [-0.05, 0) is 62.0 Å². The van der Waals surface area contributed by atoms with E-state index in [1.165, 1.54) is 20.5 Å². The molecule has 7 heteroatoms. The van der Waals surface area contributed by atoms with Crippen molar-refractivity contribution < 1.29 is 4.79 Å². The Balaban J connectivity index is 1.69. The maximum absolute atomic E-state index is 12.0. The lowest BCUT2D eigenvalue weighted by Crippen LogP contribution is -2.22. The highest BCUT2D eigenvalue weighted by Crippen LogP contribution is 2.33. The number of carbonyl (C=O) groups excluding carboxylic acids is 1. The van der Waals surface area contributed by atoms with Crippen LogP contribution < -0.4 is 10.2 Å². The quantitative estimate of drug-likeness (QED) is 0.548. The zero-order valence-corrected chi connectivity index (χ0v) is 19.3. The molecule has 1 amide bonds. The third-order valence-corrected chi connectivity index (χ3v) is 6.26. The van der Waals surface area contributed by atoms with Crippen molar-refractivity contribution in [2.24, 2.45) is 0 Å². The van der Waals surface area contributed by atoms with Crippen molar-refractivity contribution >= 4 is 38.7 Å². The maximum Gasteiger partial charge on any atom is 0.224 e. The summed E-state index contributed by atoms with van der Waals surface area (Å²) in [5.74, 6) is 0.0751. The number of hydrogen-bond donors (Lipinski definition) is 1. The first kappa shape index (κ1) is 22.2. The Bertz CT molecular complexity index is 1010. The van der Waals surface area contributed by atoms with E-state index in [4.69, 9.17) is 0 Å². The number of hydrogen-bond acceptors (Lipinski definition) is 6. The van der Waals surface area contributed by atoms with E-state index in [9.17, 15) is 4.79 Å². The molecule has 0 aliphatic rings. The fourth-order valence-corrected chi connectivity index (χ4v) is 4.58. The fraction of sp³-hybridized carbons (Fsp3) is 0.435. The van der Waals surface area contributed by atoms with Crippen LogP contribution in [0.2, 0.25) is 0 Å². The van der Waals surface area contributed by atoms with Gasteiger partial charge in [-0.3, -0.25) is 4.79 Å². The van der Waals surface area contributed by atoms with E-state index < -0.39 is 0 Å². The molecule has 0 saturated heterocycles. The first-order valence-corrected chi connectivity index (χ1v) is 11.2. The summed E-state index contributed by atoms with van der Waals surface area (Å²) in [5.41, 5.74) is 4.27. The second kappa shape index (κ2) is 10.00. The summed E-state index contributed by atoms with van der Waals surface area (Å²) in [6, 6.07) is 8.32. The SMILES string of the molecule is CCCC(=O)Nc1ccc2sc(C)c(CCN(C)Cc3cc(N(C)C)cnn3)c2c1. The predicted octanol–water partition coefficient (Wildman–Crippen LogP) is 4.48. The molecule has 0 radical (unpaired) electrons. The van der Waals surface area contributed by atoms with Crippen LogP contribution in [0.4, 0.5) is 11.4 Å². The van der Waals surface area contributed by atoms with E-state index in [-0.39, 0.29) is 5.91 Å². The number of amides is 1. The summed E-state index contributed by atoms with van der Waals surface area (Å²) < 4.78 is 1.27. The molecular formula is C23H31N5OS. The van der Waals surface area contributed by atoms with Gasteiger partial charge in [-0.2, -0.15) is 10.2 Å². The summed E-state index contributed by atoms with van der Waals surface area (Å²) in [4.78, 5) is 17.6. The van der Waals surface area contributed by atoms with Crippen LogP contribution in [0.15, 0.2) is 30.5 Å². The van der Waals surface area contributed by atoms with E-state index in [0.717, 1.165) is 43.0 Å². The number of anilines is 2. The van der Waals surface area contributed by atoms with Gasteiger partial charge < -0.3 is 15.1 Å². The standard InChI is InChI=1S/C23H31N5OS/c1-6-7-23(29)25-17-8-9-22-21(13-17)20(16(2)30-22)10-11-28(5)15-18-12-19(27(3)4)14-24-26-18/h8-9,12-14H,6-7,10-11,15H2,1-5H3,(H,25,29). The minimum atomic E-state index is 0.0751. The third kappa shape index (κ3) is 5.55. The van der Waals surface area contributed by atoms with E-state index in [2.05, 4.69) is 52.6 Å². The number of nitrogens with zero attached hydrogens (tertiary/aromatic N) is 4. The highest BCUT2D eigenvalue weighted by atomic mass is 32.1. The molecule has 0 fully saturated rings. The molecule has 2 heterocycles. The first-order chi connectivity index (χ1) is 14.4. The van der Waals surface area contributed by atoms with Crippen molar-refractivity contribution in [3.05, 3.63) is 46.6 Å². The fourth-order valence-electron chi connectivity index (χ4n) is 3.49. The molecule has 0 bridgehead atoms. The Morgan fingerprint density at radius 2 is 2.00 bits per heavy atom. The van der Waals surface area contributed by atoms with Crippen molar-refractivity contribution in [3.8, 4) is 0 Å². The van der Waals surface area contributed by atoms with Crippen LogP contribution >= 0.6 is 11.3 Å². The molecule has 0 spiro atoms. The second-order valence-corrected chi connectivity index (χ2v) is 9.19. The molecular weight excluding hydrogens is 394 g/mol. The summed E-state index contributed by atoms with van der Waals surface area (Å²) >= 11 is 1.82. The van der Waals surface area contributed by atoms with Crippen LogP contribution in [0.3, 0.4) is 0 Å². The van der Waals surface area contributed by atoms with Gasteiger partial charge in [-0.1, -0.05) is 6.92 Å². The molecule has 0 saturated carbocycles. The lowest BCUT2D eigenvalue weighted by Gasteiger charge is -2.17. The molecule has 0 aliphatic carbocycles. The molecule has 6 nitrogen and oxygen atoms in total. The maximum atomic E-state index is 12.0. The van der Waals surface area contributed by atoms with Crippen LogP contribution in [-0.4, -0.2) is 48.7 Å². The van der Waals surface area contributed by atoms with E-state index in [1.807, 2.05) is 43.3 Å². The van der Waals surface area contributed by atoms with Gasteiger partial charge in [0, 0.05) is 48.9 Å². The van der Waals surface area contributed by atoms with Gasteiger partial charge in [0.2, 0.25) is 5.91 Å². The smallest absolute Gasteiger partial charge is 0.224 e. The van der Waals surface area contributed by atoms with Crippen molar-refractivity contribution in [1.82, 2.24) is 15.1 Å². The number of rotatable bonds is 9. The van der Waals surface area contributed by atoms with Gasteiger partial charge in [0.15, 0.2) is 0 Å². The first-order valence-electron chi connectivity index (χ1n) is 10.4. The van der Waals surface area contributed by atoms with Crippen LogP contribution in [0, 0.1) is 6.92 Å². The normalized spacial score (nSPS) is 11.3. The van der Waals surface area contributed by atoms with E-state index in [0.29, 0.717) is 6.42 Å². The molecule has 30 heavy (non-hydrogen) atoms. The van der Waals surface area contributed by atoms with Gasteiger partial charge in [-0.25, -0.2) is 0 Å². The molecule has 1 N–H and O–H groups in total. The average molecular weight is 426 g/mol. The van der Waals surface area contributed by atoms with Gasteiger partial charge in [0.25, 0.3) is 0 Å². The number of aromatic nitrogens is 2. The van der Waals surface area contributed by atoms with E-state index in [1.54, 1.807) is 6.20 Å². The Hall–Kier alpha value is -2.51. The van der Waals surface area contributed by atoms with Gasteiger partial charge in [0.1, 0.15) is 0 Å². The molecule has 2 aromatic heterocycles. The second-order valence-electron chi connectivity index (χ2n) is 7.93. The van der Waals surface area contributed by atoms with Gasteiger partial charge >= 0.3 is 0 Å². The molecule has 0 atom stereocenters. The summed E-state index contributed by atoms with van der Waals surface area (Å²) in [5, 5.41) is 12.7. The highest BCUT2D eigenvalue weighted by Gasteiger charge is 2.12. The van der Waals surface area contributed by atoms with E-state index >= 15 is 0 Å². The van der Waals surface area contributed by atoms with Crippen LogP contribution in [-0.2, 0) is 17.8 Å². The number of carbonyl (C=O) groups is 1. The molecule has 3 rings (SSSR count). The zero-order valence-electron chi connectivity index (χ0n) is 18.5. The van der Waals surface area contributed by atoms with Crippen LogP contribution in [0.25, 0.3) is 10.1 Å². The lowest BCUT2D eigenvalue weighted by molar-refractivity contribution is -0.116. The van der Waals surface area contributed by atoms with Crippen molar-refractivity contribution in [2.75, 3.05) is 37.9 Å². The minimum absolute atomic E-state index is 0.0751. The monoisotopic (exact) mass is 425 g/mol. The molecule has 0 unspecified atom stereocenters. The Kier molecular flexibility index (Phi) is 7.39.